The van der Waals surface area contributed by atoms with E-state index in [1.54, 1.807) is 6.20 Å². The number of anilines is 1. The van der Waals surface area contributed by atoms with E-state index in [9.17, 15) is 4.79 Å². The second-order valence-corrected chi connectivity index (χ2v) is 5.57. The molecule has 1 aliphatic heterocycles. The van der Waals surface area contributed by atoms with Gasteiger partial charge in [0.1, 0.15) is 0 Å². The monoisotopic (exact) mass is 299 g/mol. The molecule has 116 valence electrons. The van der Waals surface area contributed by atoms with E-state index in [0.717, 1.165) is 38.0 Å². The lowest BCUT2D eigenvalue weighted by Gasteiger charge is -2.22. The molecular formula is C16H21N5O. The largest absolute Gasteiger partial charge is 0.321 e. The predicted octanol–water partition coefficient (Wildman–Crippen LogP) is 2.02. The van der Waals surface area contributed by atoms with Crippen LogP contribution >= 0.6 is 0 Å². The highest BCUT2D eigenvalue weighted by atomic mass is 16.2. The van der Waals surface area contributed by atoms with Crippen molar-refractivity contribution >= 4 is 11.6 Å². The first kappa shape index (κ1) is 14.7. The van der Waals surface area contributed by atoms with Crippen molar-refractivity contribution in [3.8, 4) is 0 Å². The van der Waals surface area contributed by atoms with Gasteiger partial charge in [-0.25, -0.2) is 4.68 Å². The van der Waals surface area contributed by atoms with Crippen LogP contribution in [0.2, 0.25) is 0 Å². The van der Waals surface area contributed by atoms with Gasteiger partial charge in [0, 0.05) is 5.69 Å². The summed E-state index contributed by atoms with van der Waals surface area (Å²) in [6, 6.07) is 8.18. The van der Waals surface area contributed by atoms with Gasteiger partial charge in [-0.3, -0.25) is 4.79 Å². The number of nitrogens with one attached hydrogen (secondary N) is 2. The molecule has 1 aromatic carbocycles. The third kappa shape index (κ3) is 3.33. The van der Waals surface area contributed by atoms with E-state index >= 15 is 0 Å². The van der Waals surface area contributed by atoms with Crippen LogP contribution in [0.3, 0.4) is 0 Å². The molecule has 0 bridgehead atoms. The van der Waals surface area contributed by atoms with Crippen molar-refractivity contribution in [1.29, 1.82) is 0 Å². The number of carbonyl (C=O) groups excluding carboxylic acids is 1. The number of hydrogen-bond acceptors (Lipinski definition) is 4. The predicted molar refractivity (Wildman–Crippen MR) is 84.9 cm³/mol. The fraction of sp³-hybridized carbons (Fsp3) is 0.438. The summed E-state index contributed by atoms with van der Waals surface area (Å²) < 4.78 is 1.82. The maximum absolute atomic E-state index is 12.2. The molecule has 0 aliphatic carbocycles. The molecule has 1 aliphatic rings. The Kier molecular flexibility index (Phi) is 4.48. The summed E-state index contributed by atoms with van der Waals surface area (Å²) in [6.07, 6.45) is 4.76. The third-order valence-electron chi connectivity index (χ3n) is 4.05. The number of aryl methyl sites for hydroxylation is 1. The van der Waals surface area contributed by atoms with Crippen molar-refractivity contribution in [2.45, 2.75) is 32.2 Å². The minimum Gasteiger partial charge on any atom is -0.321 e. The zero-order valence-corrected chi connectivity index (χ0v) is 12.7. The maximum atomic E-state index is 12.2. The van der Waals surface area contributed by atoms with E-state index in [0.29, 0.717) is 11.7 Å². The van der Waals surface area contributed by atoms with Crippen molar-refractivity contribution in [3.63, 3.8) is 0 Å². The van der Waals surface area contributed by atoms with Crippen LogP contribution in [0, 0.1) is 0 Å². The first-order valence-electron chi connectivity index (χ1n) is 7.79. The van der Waals surface area contributed by atoms with Gasteiger partial charge < -0.3 is 10.6 Å². The molecule has 0 atom stereocenters. The van der Waals surface area contributed by atoms with Crippen molar-refractivity contribution in [2.24, 2.45) is 0 Å². The molecule has 6 nitrogen and oxygen atoms in total. The highest BCUT2D eigenvalue weighted by molar-refractivity contribution is 6.02. The summed E-state index contributed by atoms with van der Waals surface area (Å²) in [5.74, 6) is -0.218. The molecule has 1 saturated heterocycles. The summed E-state index contributed by atoms with van der Waals surface area (Å²) >= 11 is 0. The fourth-order valence-corrected chi connectivity index (χ4v) is 2.65. The van der Waals surface area contributed by atoms with Gasteiger partial charge in [0.15, 0.2) is 5.69 Å². The highest BCUT2D eigenvalue weighted by Gasteiger charge is 2.18. The SMILES string of the molecule is CCc1ccc(NC(=O)c2cn(C3CCNCC3)nn2)cc1. The number of benzene rings is 1. The Morgan fingerprint density at radius 3 is 2.73 bits per heavy atom. The average molecular weight is 299 g/mol. The zero-order valence-electron chi connectivity index (χ0n) is 12.7. The summed E-state index contributed by atoms with van der Waals surface area (Å²) in [5, 5.41) is 14.3. The van der Waals surface area contributed by atoms with E-state index in [1.165, 1.54) is 5.56 Å². The van der Waals surface area contributed by atoms with Crippen LogP contribution in [0.4, 0.5) is 5.69 Å². The van der Waals surface area contributed by atoms with Crippen molar-refractivity contribution < 1.29 is 4.79 Å². The van der Waals surface area contributed by atoms with E-state index in [-0.39, 0.29) is 5.91 Å². The van der Waals surface area contributed by atoms with E-state index < -0.39 is 0 Å². The molecule has 3 rings (SSSR count). The summed E-state index contributed by atoms with van der Waals surface area (Å²) in [5.41, 5.74) is 2.38. The number of nitrogens with zero attached hydrogens (tertiary/aromatic N) is 3. The normalized spacial score (nSPS) is 15.7. The molecule has 0 spiro atoms. The van der Waals surface area contributed by atoms with Crippen LogP contribution in [0.15, 0.2) is 30.5 Å². The summed E-state index contributed by atoms with van der Waals surface area (Å²) in [6.45, 7) is 4.07. The van der Waals surface area contributed by atoms with E-state index in [4.69, 9.17) is 0 Å². The number of carbonyl (C=O) groups is 1. The van der Waals surface area contributed by atoms with Crippen LogP contribution in [0.5, 0.6) is 0 Å². The minimum absolute atomic E-state index is 0.218. The zero-order chi connectivity index (χ0) is 15.4. The van der Waals surface area contributed by atoms with E-state index in [1.807, 2.05) is 28.9 Å². The minimum atomic E-state index is -0.218. The van der Waals surface area contributed by atoms with Gasteiger partial charge in [-0.1, -0.05) is 24.3 Å². The molecule has 6 heteroatoms. The van der Waals surface area contributed by atoms with Crippen LogP contribution in [0.1, 0.15) is 41.9 Å². The van der Waals surface area contributed by atoms with Gasteiger partial charge in [-0.15, -0.1) is 5.10 Å². The van der Waals surface area contributed by atoms with Crippen molar-refractivity contribution in [1.82, 2.24) is 20.3 Å². The standard InChI is InChI=1S/C16H21N5O/c1-2-12-3-5-13(6-4-12)18-16(22)15-11-21(20-19-15)14-7-9-17-10-8-14/h3-6,11,14,17H,2,7-10H2,1H3,(H,18,22). The van der Waals surface area contributed by atoms with E-state index in [2.05, 4.69) is 27.9 Å². The Hall–Kier alpha value is -2.21. The first-order valence-corrected chi connectivity index (χ1v) is 7.79. The quantitative estimate of drug-likeness (QED) is 0.906. The Bertz CT molecular complexity index is 628. The topological polar surface area (TPSA) is 71.8 Å². The van der Waals surface area contributed by atoms with Gasteiger partial charge >= 0.3 is 0 Å². The first-order chi connectivity index (χ1) is 10.8. The van der Waals surface area contributed by atoms with Crippen molar-refractivity contribution in [2.75, 3.05) is 18.4 Å². The molecule has 0 unspecified atom stereocenters. The molecule has 1 aromatic heterocycles. The molecule has 1 amide bonds. The number of rotatable bonds is 4. The molecule has 2 N–H and O–H groups in total. The van der Waals surface area contributed by atoms with Crippen LogP contribution in [-0.2, 0) is 6.42 Å². The maximum Gasteiger partial charge on any atom is 0.277 e. The molecule has 2 aromatic rings. The molecule has 22 heavy (non-hydrogen) atoms. The number of hydrogen-bond donors (Lipinski definition) is 2. The Morgan fingerprint density at radius 2 is 2.05 bits per heavy atom. The van der Waals surface area contributed by atoms with Crippen molar-refractivity contribution in [3.05, 3.63) is 41.7 Å². The smallest absolute Gasteiger partial charge is 0.277 e. The van der Waals surface area contributed by atoms with Crippen LogP contribution < -0.4 is 10.6 Å². The Balaban J connectivity index is 1.65. The molecule has 2 heterocycles. The van der Waals surface area contributed by atoms with Crippen LogP contribution in [0.25, 0.3) is 0 Å². The number of amides is 1. The lowest BCUT2D eigenvalue weighted by atomic mass is 10.1. The van der Waals surface area contributed by atoms with Gasteiger partial charge in [-0.05, 0) is 50.0 Å². The molecule has 0 radical (unpaired) electrons. The summed E-state index contributed by atoms with van der Waals surface area (Å²) in [4.78, 5) is 12.2. The van der Waals surface area contributed by atoms with Crippen LogP contribution in [-0.4, -0.2) is 34.0 Å². The second kappa shape index (κ2) is 6.70. The average Bonchev–Trinajstić information content (AvgIpc) is 3.06. The van der Waals surface area contributed by atoms with Gasteiger partial charge in [-0.2, -0.15) is 0 Å². The molecule has 1 fully saturated rings. The highest BCUT2D eigenvalue weighted by Crippen LogP contribution is 2.17. The molecule has 0 saturated carbocycles. The third-order valence-corrected chi connectivity index (χ3v) is 4.05. The second-order valence-electron chi connectivity index (χ2n) is 5.57. The Morgan fingerprint density at radius 1 is 1.32 bits per heavy atom. The van der Waals surface area contributed by atoms with Gasteiger partial charge in [0.05, 0.1) is 12.2 Å². The summed E-state index contributed by atoms with van der Waals surface area (Å²) in [7, 11) is 0. The lowest BCUT2D eigenvalue weighted by molar-refractivity contribution is 0.102. The lowest BCUT2D eigenvalue weighted by Crippen LogP contribution is -2.29. The Labute approximate surface area is 129 Å². The molecular weight excluding hydrogens is 278 g/mol. The fourth-order valence-electron chi connectivity index (χ4n) is 2.65. The van der Waals surface area contributed by atoms with Gasteiger partial charge in [0.2, 0.25) is 0 Å². The van der Waals surface area contributed by atoms with Gasteiger partial charge in [0.25, 0.3) is 5.91 Å². The number of piperidine rings is 1. The number of aromatic nitrogens is 3.